The number of halogens is 6. The lowest BCUT2D eigenvalue weighted by Gasteiger charge is -2.31. The molecule has 3 saturated heterocycles. The van der Waals surface area contributed by atoms with Gasteiger partial charge in [0.05, 0.1) is 34.7 Å². The van der Waals surface area contributed by atoms with Gasteiger partial charge in [0.1, 0.15) is 29.8 Å². The first-order valence-electron chi connectivity index (χ1n) is 12.9. The van der Waals surface area contributed by atoms with Gasteiger partial charge in [-0.3, -0.25) is 9.88 Å². The third-order valence-electron chi connectivity index (χ3n) is 7.84. The van der Waals surface area contributed by atoms with E-state index >= 15 is 4.39 Å². The Balaban J connectivity index is 1.47. The first-order valence-corrected chi connectivity index (χ1v) is 13.3. The molecule has 214 valence electrons. The summed E-state index contributed by atoms with van der Waals surface area (Å²) in [5.41, 5.74) is 2.45. The van der Waals surface area contributed by atoms with Gasteiger partial charge in [-0.1, -0.05) is 11.6 Å². The Kier molecular flexibility index (Phi) is 6.86. The van der Waals surface area contributed by atoms with E-state index in [-0.39, 0.29) is 29.2 Å². The van der Waals surface area contributed by atoms with E-state index in [1.54, 1.807) is 0 Å². The lowest BCUT2D eigenvalue weighted by atomic mass is 9.95. The number of nitrogen functional groups attached to an aromatic ring is 1. The molecule has 3 aliphatic rings. The number of pyridine rings is 1. The predicted octanol–water partition coefficient (Wildman–Crippen LogP) is 4.88. The summed E-state index contributed by atoms with van der Waals surface area (Å²) in [4.78, 5) is 16.8. The summed E-state index contributed by atoms with van der Waals surface area (Å²) in [6.45, 7) is 2.89. The van der Waals surface area contributed by atoms with Crippen molar-refractivity contribution in [3.8, 4) is 17.3 Å². The van der Waals surface area contributed by atoms with Gasteiger partial charge in [-0.25, -0.2) is 8.78 Å². The molecule has 0 amide bonds. The van der Waals surface area contributed by atoms with E-state index in [1.807, 2.05) is 4.90 Å². The Labute approximate surface area is 231 Å². The number of alkyl halides is 4. The minimum Gasteiger partial charge on any atom is -0.461 e. The van der Waals surface area contributed by atoms with Crippen LogP contribution in [0.2, 0.25) is 5.02 Å². The summed E-state index contributed by atoms with van der Waals surface area (Å²) in [5.74, 6) is -0.782. The third kappa shape index (κ3) is 4.77. The van der Waals surface area contributed by atoms with Gasteiger partial charge in [0.2, 0.25) is 0 Å². The molecule has 1 aromatic carbocycles. The van der Waals surface area contributed by atoms with Crippen LogP contribution in [0.1, 0.15) is 24.8 Å². The van der Waals surface area contributed by atoms with Crippen molar-refractivity contribution in [1.29, 1.82) is 0 Å². The average molecular weight is 585 g/mol. The van der Waals surface area contributed by atoms with Crippen LogP contribution >= 0.6 is 11.6 Å². The molecule has 14 heteroatoms. The van der Waals surface area contributed by atoms with Crippen LogP contribution in [0.5, 0.6) is 6.01 Å². The van der Waals surface area contributed by atoms with E-state index in [2.05, 4.69) is 19.9 Å². The highest BCUT2D eigenvalue weighted by atomic mass is 35.5. The summed E-state index contributed by atoms with van der Waals surface area (Å²) >= 11 is 5.90. The van der Waals surface area contributed by atoms with Gasteiger partial charge in [0.25, 0.3) is 0 Å². The maximum absolute atomic E-state index is 16.2. The van der Waals surface area contributed by atoms with Crippen LogP contribution < -0.4 is 15.4 Å². The molecule has 0 spiro atoms. The van der Waals surface area contributed by atoms with Crippen molar-refractivity contribution in [2.24, 2.45) is 0 Å². The van der Waals surface area contributed by atoms with E-state index in [1.165, 1.54) is 6.20 Å². The van der Waals surface area contributed by atoms with Crippen molar-refractivity contribution in [2.45, 2.75) is 37.1 Å². The first kappa shape index (κ1) is 27.2. The van der Waals surface area contributed by atoms with Crippen molar-refractivity contribution in [2.75, 3.05) is 56.6 Å². The molecule has 0 saturated carbocycles. The van der Waals surface area contributed by atoms with Gasteiger partial charge in [-0.2, -0.15) is 23.1 Å². The zero-order valence-electron chi connectivity index (χ0n) is 21.3. The quantitative estimate of drug-likeness (QED) is 0.335. The number of fused-ring (bicyclic) bond motifs is 2. The minimum absolute atomic E-state index is 0.0851. The Hall–Kier alpha value is -3.03. The van der Waals surface area contributed by atoms with Crippen LogP contribution in [0.3, 0.4) is 0 Å². The molecule has 6 rings (SSSR count). The molecule has 3 aliphatic heterocycles. The molecule has 3 aromatic rings. The fraction of sp³-hybridized carbons (Fsp3) is 0.500. The Morgan fingerprint density at radius 1 is 1.18 bits per heavy atom. The zero-order valence-corrected chi connectivity index (χ0v) is 22.0. The Morgan fingerprint density at radius 2 is 1.95 bits per heavy atom. The molecule has 2 N–H and O–H groups in total. The molecule has 0 aliphatic carbocycles. The summed E-state index contributed by atoms with van der Waals surface area (Å²) in [5, 5.41) is -0.475. The number of morpholine rings is 1. The second-order valence-electron chi connectivity index (χ2n) is 10.4. The van der Waals surface area contributed by atoms with E-state index in [4.69, 9.17) is 26.8 Å². The SMILES string of the molecule is Nc1cc(Cl)c(C(F)(F)F)c(-c2ncc3c(N4CCOCC4)nc(OC[C@@]45CCCN4C[C@H](F)C5)nc3c2F)c1. The van der Waals surface area contributed by atoms with Crippen molar-refractivity contribution in [3.63, 3.8) is 0 Å². The highest BCUT2D eigenvalue weighted by Crippen LogP contribution is 2.44. The molecule has 3 fully saturated rings. The topological polar surface area (TPSA) is 89.6 Å². The molecule has 8 nitrogen and oxygen atoms in total. The lowest BCUT2D eigenvalue weighted by molar-refractivity contribution is -0.137. The Bertz CT molecular complexity index is 1450. The third-order valence-corrected chi connectivity index (χ3v) is 8.13. The van der Waals surface area contributed by atoms with Crippen LogP contribution in [0, 0.1) is 5.82 Å². The standard InChI is InChI=1S/C26H26ClF5N6O2/c27-18-9-15(33)8-16(19(18)26(30,31)32)21-20(29)22-17(11-34-21)23(37-4-6-39-7-5-37)36-24(35-22)40-13-25-2-1-3-38(25)12-14(28)10-25/h8-9,11,14H,1-7,10,12-13,33H2/t14-,25+/m1/s1. The van der Waals surface area contributed by atoms with Crippen LogP contribution in [-0.4, -0.2) is 77.6 Å². The second-order valence-corrected chi connectivity index (χ2v) is 10.8. The smallest absolute Gasteiger partial charge is 0.418 e. The van der Waals surface area contributed by atoms with Gasteiger partial charge >= 0.3 is 12.2 Å². The monoisotopic (exact) mass is 584 g/mol. The minimum atomic E-state index is -4.90. The van der Waals surface area contributed by atoms with Gasteiger partial charge in [-0.15, -0.1) is 0 Å². The largest absolute Gasteiger partial charge is 0.461 e. The predicted molar refractivity (Wildman–Crippen MR) is 139 cm³/mol. The normalized spacial score (nSPS) is 23.6. The van der Waals surface area contributed by atoms with E-state index in [0.29, 0.717) is 45.1 Å². The number of hydrogen-bond donors (Lipinski definition) is 1. The maximum Gasteiger partial charge on any atom is 0.418 e. The van der Waals surface area contributed by atoms with Crippen molar-refractivity contribution in [3.05, 3.63) is 34.7 Å². The number of anilines is 2. The average Bonchev–Trinajstić information content (AvgIpc) is 3.42. The molecular formula is C26H26ClF5N6O2. The number of ether oxygens (including phenoxy) is 2. The summed E-state index contributed by atoms with van der Waals surface area (Å²) in [6, 6.07) is 1.78. The molecule has 0 bridgehead atoms. The number of hydrogen-bond acceptors (Lipinski definition) is 8. The molecule has 2 atom stereocenters. The molecule has 40 heavy (non-hydrogen) atoms. The summed E-state index contributed by atoms with van der Waals surface area (Å²) < 4.78 is 83.7. The molecule has 0 radical (unpaired) electrons. The highest BCUT2D eigenvalue weighted by Gasteiger charge is 2.49. The number of rotatable bonds is 5. The number of aromatic nitrogens is 3. The van der Waals surface area contributed by atoms with Gasteiger partial charge < -0.3 is 20.1 Å². The zero-order chi connectivity index (χ0) is 28.2. The molecule has 0 unspecified atom stereocenters. The highest BCUT2D eigenvalue weighted by molar-refractivity contribution is 6.32. The maximum atomic E-state index is 16.2. The fourth-order valence-electron chi connectivity index (χ4n) is 6.04. The molecule has 2 aromatic heterocycles. The van der Waals surface area contributed by atoms with Gasteiger partial charge in [-0.05, 0) is 31.5 Å². The second kappa shape index (κ2) is 10.1. The van der Waals surface area contributed by atoms with Gasteiger partial charge in [0.15, 0.2) is 5.82 Å². The van der Waals surface area contributed by atoms with Crippen molar-refractivity contribution < 1.29 is 31.4 Å². The van der Waals surface area contributed by atoms with Gasteiger partial charge in [0, 0.05) is 43.5 Å². The number of nitrogens with two attached hydrogens (primary N) is 1. The fourth-order valence-corrected chi connectivity index (χ4v) is 6.38. The van der Waals surface area contributed by atoms with Crippen LogP contribution in [0.15, 0.2) is 18.3 Å². The Morgan fingerprint density at radius 3 is 2.70 bits per heavy atom. The van der Waals surface area contributed by atoms with Crippen molar-refractivity contribution >= 4 is 34.0 Å². The van der Waals surface area contributed by atoms with Crippen molar-refractivity contribution in [1.82, 2.24) is 19.9 Å². The van der Waals surface area contributed by atoms with E-state index in [9.17, 15) is 17.6 Å². The van der Waals surface area contributed by atoms with Crippen LogP contribution in [0.4, 0.5) is 33.5 Å². The summed E-state index contributed by atoms with van der Waals surface area (Å²) in [6.07, 6.45) is -2.66. The van der Waals surface area contributed by atoms with Crippen LogP contribution in [0.25, 0.3) is 22.2 Å². The first-order chi connectivity index (χ1) is 19.1. The van der Waals surface area contributed by atoms with E-state index in [0.717, 1.165) is 31.5 Å². The molecular weight excluding hydrogens is 559 g/mol. The summed E-state index contributed by atoms with van der Waals surface area (Å²) in [7, 11) is 0. The van der Waals surface area contributed by atoms with Crippen LogP contribution in [-0.2, 0) is 10.9 Å². The number of benzene rings is 1. The lowest BCUT2D eigenvalue weighted by Crippen LogP contribution is -2.43. The molecule has 5 heterocycles. The number of nitrogens with zero attached hydrogens (tertiary/aromatic N) is 5. The van der Waals surface area contributed by atoms with E-state index < -0.39 is 45.5 Å².